The number of methoxy groups -OCH3 is 2. The zero-order chi connectivity index (χ0) is 21.1. The number of urea groups is 1. The lowest BCUT2D eigenvalue weighted by atomic mass is 9.93. The van der Waals surface area contributed by atoms with Crippen LogP contribution in [0.25, 0.3) is 6.08 Å². The Morgan fingerprint density at radius 1 is 1.10 bits per heavy atom. The fraction of sp³-hybridized carbons (Fsp3) is 0.421. The highest BCUT2D eigenvalue weighted by Gasteiger charge is 2.40. The van der Waals surface area contributed by atoms with Crippen LogP contribution >= 0.6 is 0 Å². The molecule has 1 aromatic rings. The van der Waals surface area contributed by atoms with Gasteiger partial charge in [0.15, 0.2) is 11.5 Å². The number of carbonyl (C=O) groups excluding carboxylic acids is 3. The number of nitro groups is 1. The summed E-state index contributed by atoms with van der Waals surface area (Å²) in [6.07, 6.45) is 5.24. The van der Waals surface area contributed by atoms with Crippen molar-refractivity contribution in [3.8, 4) is 11.5 Å². The van der Waals surface area contributed by atoms with Crippen LogP contribution in [-0.4, -0.2) is 47.9 Å². The van der Waals surface area contributed by atoms with E-state index in [1.165, 1.54) is 20.3 Å². The van der Waals surface area contributed by atoms with E-state index in [1.54, 1.807) is 0 Å². The van der Waals surface area contributed by atoms with E-state index < -0.39 is 22.8 Å². The predicted molar refractivity (Wildman–Crippen MR) is 101 cm³/mol. The number of barbiturate groups is 1. The summed E-state index contributed by atoms with van der Waals surface area (Å²) in [7, 11) is 2.70. The summed E-state index contributed by atoms with van der Waals surface area (Å²) in [6.45, 7) is 0. The van der Waals surface area contributed by atoms with Gasteiger partial charge in [0.25, 0.3) is 17.5 Å². The second kappa shape index (κ2) is 8.29. The average molecular weight is 403 g/mol. The molecule has 10 heteroatoms. The van der Waals surface area contributed by atoms with E-state index in [-0.39, 0.29) is 34.4 Å². The van der Waals surface area contributed by atoms with Gasteiger partial charge in [-0.3, -0.25) is 29.9 Å². The maximum absolute atomic E-state index is 13.0. The van der Waals surface area contributed by atoms with Crippen molar-refractivity contribution in [1.29, 1.82) is 0 Å². The van der Waals surface area contributed by atoms with Crippen molar-refractivity contribution in [3.63, 3.8) is 0 Å². The monoisotopic (exact) mass is 403 g/mol. The molecule has 29 heavy (non-hydrogen) atoms. The van der Waals surface area contributed by atoms with Crippen LogP contribution in [0.2, 0.25) is 0 Å². The Balaban J connectivity index is 2.05. The Morgan fingerprint density at radius 2 is 1.72 bits per heavy atom. The molecule has 1 saturated heterocycles. The molecule has 0 unspecified atom stereocenters. The maximum atomic E-state index is 13.0. The summed E-state index contributed by atoms with van der Waals surface area (Å²) in [6, 6.07) is 1.41. The van der Waals surface area contributed by atoms with E-state index in [2.05, 4.69) is 5.32 Å². The van der Waals surface area contributed by atoms with E-state index in [0.717, 1.165) is 36.3 Å². The number of nitrogens with one attached hydrogen (secondary N) is 1. The molecule has 4 amide bonds. The zero-order valence-corrected chi connectivity index (χ0v) is 16.1. The summed E-state index contributed by atoms with van der Waals surface area (Å²) >= 11 is 0. The quantitative estimate of drug-likeness (QED) is 0.346. The van der Waals surface area contributed by atoms with Gasteiger partial charge in [-0.2, -0.15) is 0 Å². The van der Waals surface area contributed by atoms with Crippen LogP contribution in [0.3, 0.4) is 0 Å². The number of hydrogen-bond acceptors (Lipinski definition) is 7. The number of nitro benzene ring substituents is 1. The zero-order valence-electron chi connectivity index (χ0n) is 16.1. The molecule has 0 atom stereocenters. The number of nitrogens with zero attached hydrogens (tertiary/aromatic N) is 2. The third kappa shape index (κ3) is 3.91. The third-order valence-corrected chi connectivity index (χ3v) is 5.10. The molecule has 0 aromatic heterocycles. The number of benzene rings is 1. The highest BCUT2D eigenvalue weighted by atomic mass is 16.6. The number of rotatable bonds is 5. The summed E-state index contributed by atoms with van der Waals surface area (Å²) in [4.78, 5) is 49.5. The Kier molecular flexibility index (Phi) is 5.81. The Morgan fingerprint density at radius 3 is 2.31 bits per heavy atom. The van der Waals surface area contributed by atoms with Gasteiger partial charge in [0.05, 0.1) is 30.8 Å². The molecule has 154 valence electrons. The van der Waals surface area contributed by atoms with Gasteiger partial charge in [-0.15, -0.1) is 0 Å². The number of hydrogen-bond donors (Lipinski definition) is 1. The van der Waals surface area contributed by atoms with Crippen molar-refractivity contribution >= 4 is 29.6 Å². The molecule has 0 radical (unpaired) electrons. The van der Waals surface area contributed by atoms with E-state index in [0.29, 0.717) is 12.8 Å². The smallest absolute Gasteiger partial charge is 0.331 e. The molecule has 1 saturated carbocycles. The first kappa shape index (κ1) is 20.3. The van der Waals surface area contributed by atoms with E-state index in [1.807, 2.05) is 0 Å². The van der Waals surface area contributed by atoms with Crippen LogP contribution in [0.1, 0.15) is 37.7 Å². The molecule has 1 aliphatic heterocycles. The minimum atomic E-state index is -0.892. The van der Waals surface area contributed by atoms with Crippen LogP contribution in [0.5, 0.6) is 11.5 Å². The molecule has 2 fully saturated rings. The van der Waals surface area contributed by atoms with Gasteiger partial charge in [-0.1, -0.05) is 19.3 Å². The van der Waals surface area contributed by atoms with Crippen LogP contribution < -0.4 is 14.8 Å². The van der Waals surface area contributed by atoms with Crippen LogP contribution in [0.15, 0.2) is 17.7 Å². The lowest BCUT2D eigenvalue weighted by molar-refractivity contribution is -0.385. The van der Waals surface area contributed by atoms with Crippen LogP contribution in [0.4, 0.5) is 10.5 Å². The minimum Gasteiger partial charge on any atom is -0.493 e. The minimum absolute atomic E-state index is 0.0101. The predicted octanol–water partition coefficient (Wildman–Crippen LogP) is 2.41. The molecule has 0 spiro atoms. The molecule has 1 aliphatic carbocycles. The van der Waals surface area contributed by atoms with Crippen LogP contribution in [-0.2, 0) is 9.59 Å². The lowest BCUT2D eigenvalue weighted by Gasteiger charge is -2.35. The van der Waals surface area contributed by atoms with Gasteiger partial charge in [0, 0.05) is 6.04 Å². The summed E-state index contributed by atoms with van der Waals surface area (Å²) in [5.41, 5.74) is -0.716. The van der Waals surface area contributed by atoms with E-state index in [4.69, 9.17) is 9.47 Å². The Bertz CT molecular complexity index is 903. The van der Waals surface area contributed by atoms with E-state index >= 15 is 0 Å². The van der Waals surface area contributed by atoms with Gasteiger partial charge in [0.1, 0.15) is 5.57 Å². The number of amides is 4. The Labute approximate surface area is 166 Å². The normalized spacial score (nSPS) is 19.3. The molecule has 1 heterocycles. The number of imide groups is 2. The fourth-order valence-corrected chi connectivity index (χ4v) is 3.66. The first-order valence-corrected chi connectivity index (χ1v) is 9.18. The largest absolute Gasteiger partial charge is 0.493 e. The third-order valence-electron chi connectivity index (χ3n) is 5.10. The van der Waals surface area contributed by atoms with Gasteiger partial charge >= 0.3 is 6.03 Å². The average Bonchev–Trinajstić information content (AvgIpc) is 2.71. The first-order valence-electron chi connectivity index (χ1n) is 9.18. The second-order valence-corrected chi connectivity index (χ2v) is 6.81. The van der Waals surface area contributed by atoms with Crippen molar-refractivity contribution in [2.24, 2.45) is 0 Å². The second-order valence-electron chi connectivity index (χ2n) is 6.81. The molecular weight excluding hydrogens is 382 g/mol. The van der Waals surface area contributed by atoms with Gasteiger partial charge in [0.2, 0.25) is 0 Å². The van der Waals surface area contributed by atoms with Crippen molar-refractivity contribution in [3.05, 3.63) is 33.4 Å². The fourth-order valence-electron chi connectivity index (χ4n) is 3.66. The molecule has 0 bridgehead atoms. The number of ether oxygens (including phenoxy) is 2. The topological polar surface area (TPSA) is 128 Å². The van der Waals surface area contributed by atoms with Crippen molar-refractivity contribution in [2.45, 2.75) is 38.1 Å². The molecule has 10 nitrogen and oxygen atoms in total. The van der Waals surface area contributed by atoms with Gasteiger partial charge in [-0.25, -0.2) is 4.79 Å². The van der Waals surface area contributed by atoms with Crippen LogP contribution in [0, 0.1) is 10.1 Å². The molecular formula is C19H21N3O7. The highest BCUT2D eigenvalue weighted by molar-refractivity contribution is 6.31. The standard InChI is InChI=1S/C19H21N3O7/c1-28-15-9-11(14(22(26)27)10-16(15)29-2)8-13-17(23)20-19(25)21(18(13)24)12-6-4-3-5-7-12/h8-10,12H,3-7H2,1-2H3,(H,20,23,25). The van der Waals surface area contributed by atoms with Crippen molar-refractivity contribution < 1.29 is 28.8 Å². The lowest BCUT2D eigenvalue weighted by Crippen LogP contribution is -2.58. The van der Waals surface area contributed by atoms with Crippen molar-refractivity contribution in [2.75, 3.05) is 14.2 Å². The SMILES string of the molecule is COc1cc(C=C2C(=O)NC(=O)N(C3CCCCC3)C2=O)c([N+](=O)[O-])cc1OC. The highest BCUT2D eigenvalue weighted by Crippen LogP contribution is 2.36. The van der Waals surface area contributed by atoms with E-state index in [9.17, 15) is 24.5 Å². The summed E-state index contributed by atoms with van der Waals surface area (Å²) in [5.74, 6) is -1.31. The summed E-state index contributed by atoms with van der Waals surface area (Å²) < 4.78 is 10.2. The summed E-state index contributed by atoms with van der Waals surface area (Å²) in [5, 5.41) is 13.6. The maximum Gasteiger partial charge on any atom is 0.331 e. The molecule has 1 aromatic carbocycles. The molecule has 1 N–H and O–H groups in total. The first-order chi connectivity index (χ1) is 13.9. The van der Waals surface area contributed by atoms with Crippen molar-refractivity contribution in [1.82, 2.24) is 10.2 Å². The number of carbonyl (C=O) groups is 3. The molecule has 3 rings (SSSR count). The Hall–Kier alpha value is -3.43. The van der Waals surface area contributed by atoms with Gasteiger partial charge in [-0.05, 0) is 25.0 Å². The molecule has 2 aliphatic rings. The van der Waals surface area contributed by atoms with Gasteiger partial charge < -0.3 is 9.47 Å².